The maximum Gasteiger partial charge on any atom is 0.153 e. The van der Waals surface area contributed by atoms with Gasteiger partial charge in [0.1, 0.15) is 17.5 Å². The summed E-state index contributed by atoms with van der Waals surface area (Å²) in [6.07, 6.45) is -0.0937. The fourth-order valence-corrected chi connectivity index (χ4v) is 2.28. The van der Waals surface area contributed by atoms with Crippen LogP contribution in [-0.2, 0) is 4.74 Å². The molecular weight excluding hydrogens is 290 g/mol. The standard InChI is InChI=1S/C13H16F2N2O2.ClH/c14-11-5-9(19-10-7-18-8-10)6-12(15)13(11)17-3-1-16-2-4-17;/h5-6,10,16H,1-4,7-8H2;1H. The van der Waals surface area contributed by atoms with E-state index < -0.39 is 11.6 Å². The molecule has 3 rings (SSSR count). The Balaban J connectivity index is 0.00000147. The first kappa shape index (κ1) is 15.3. The van der Waals surface area contributed by atoms with Crippen molar-refractivity contribution in [1.82, 2.24) is 5.32 Å². The predicted molar refractivity (Wildman–Crippen MR) is 73.9 cm³/mol. The third kappa shape index (κ3) is 3.13. The average Bonchev–Trinajstić information content (AvgIpc) is 2.34. The van der Waals surface area contributed by atoms with Crippen LogP contribution in [0, 0.1) is 11.6 Å². The fourth-order valence-electron chi connectivity index (χ4n) is 2.28. The topological polar surface area (TPSA) is 33.7 Å². The van der Waals surface area contributed by atoms with Gasteiger partial charge < -0.3 is 19.7 Å². The van der Waals surface area contributed by atoms with Crippen LogP contribution in [0.1, 0.15) is 0 Å². The third-order valence-corrected chi connectivity index (χ3v) is 3.33. The van der Waals surface area contributed by atoms with E-state index in [0.29, 0.717) is 26.3 Å². The van der Waals surface area contributed by atoms with Gasteiger partial charge in [-0.2, -0.15) is 0 Å². The molecule has 0 aromatic heterocycles. The Morgan fingerprint density at radius 2 is 1.75 bits per heavy atom. The first-order chi connectivity index (χ1) is 9.24. The second kappa shape index (κ2) is 6.56. The number of hydrogen-bond acceptors (Lipinski definition) is 4. The summed E-state index contributed by atoms with van der Waals surface area (Å²) < 4.78 is 38.5. The summed E-state index contributed by atoms with van der Waals surface area (Å²) in [6, 6.07) is 2.50. The number of nitrogens with zero attached hydrogens (tertiary/aromatic N) is 1. The average molecular weight is 307 g/mol. The number of benzene rings is 1. The Morgan fingerprint density at radius 1 is 1.15 bits per heavy atom. The number of halogens is 3. The molecule has 0 spiro atoms. The molecule has 112 valence electrons. The van der Waals surface area contributed by atoms with E-state index in [-0.39, 0.29) is 29.9 Å². The van der Waals surface area contributed by atoms with Crippen molar-refractivity contribution < 1.29 is 18.3 Å². The zero-order valence-corrected chi connectivity index (χ0v) is 11.7. The van der Waals surface area contributed by atoms with E-state index in [4.69, 9.17) is 9.47 Å². The molecular formula is C13H17ClF2N2O2. The van der Waals surface area contributed by atoms with Crippen LogP contribution in [-0.4, -0.2) is 45.5 Å². The molecule has 7 heteroatoms. The lowest BCUT2D eigenvalue weighted by atomic mass is 10.2. The number of rotatable bonds is 3. The molecule has 0 atom stereocenters. The van der Waals surface area contributed by atoms with E-state index in [1.807, 2.05) is 0 Å². The first-order valence-corrected chi connectivity index (χ1v) is 6.43. The van der Waals surface area contributed by atoms with Crippen molar-refractivity contribution in [3.05, 3.63) is 23.8 Å². The molecule has 2 aliphatic heterocycles. The summed E-state index contributed by atoms with van der Waals surface area (Å²) in [5.74, 6) is -0.920. The van der Waals surface area contributed by atoms with Gasteiger partial charge in [0.15, 0.2) is 11.6 Å². The smallest absolute Gasteiger partial charge is 0.153 e. The van der Waals surface area contributed by atoms with Crippen LogP contribution >= 0.6 is 12.4 Å². The minimum atomic E-state index is -0.572. The highest BCUT2D eigenvalue weighted by molar-refractivity contribution is 5.85. The highest BCUT2D eigenvalue weighted by Gasteiger charge is 2.23. The third-order valence-electron chi connectivity index (χ3n) is 3.33. The van der Waals surface area contributed by atoms with Gasteiger partial charge in [-0.3, -0.25) is 0 Å². The van der Waals surface area contributed by atoms with Crippen molar-refractivity contribution in [2.24, 2.45) is 0 Å². The first-order valence-electron chi connectivity index (χ1n) is 6.43. The summed E-state index contributed by atoms with van der Waals surface area (Å²) >= 11 is 0. The van der Waals surface area contributed by atoms with E-state index in [2.05, 4.69) is 5.32 Å². The Labute approximate surface area is 122 Å². The van der Waals surface area contributed by atoms with E-state index in [9.17, 15) is 8.78 Å². The summed E-state index contributed by atoms with van der Waals surface area (Å²) in [7, 11) is 0. The van der Waals surface area contributed by atoms with Crippen LogP contribution in [0.4, 0.5) is 14.5 Å². The summed E-state index contributed by atoms with van der Waals surface area (Å²) in [4.78, 5) is 1.72. The summed E-state index contributed by atoms with van der Waals surface area (Å²) in [5, 5.41) is 3.15. The van der Waals surface area contributed by atoms with Crippen molar-refractivity contribution in [3.8, 4) is 5.75 Å². The van der Waals surface area contributed by atoms with Crippen LogP contribution in [0.3, 0.4) is 0 Å². The van der Waals surface area contributed by atoms with Gasteiger partial charge in [-0.15, -0.1) is 12.4 Å². The molecule has 1 aromatic rings. The molecule has 0 bridgehead atoms. The summed E-state index contributed by atoms with van der Waals surface area (Å²) in [5.41, 5.74) is 0.0405. The van der Waals surface area contributed by atoms with E-state index >= 15 is 0 Å². The largest absolute Gasteiger partial charge is 0.485 e. The number of piperazine rings is 1. The monoisotopic (exact) mass is 306 g/mol. The van der Waals surface area contributed by atoms with Gasteiger partial charge in [0.05, 0.1) is 13.2 Å². The molecule has 2 saturated heterocycles. The van der Waals surface area contributed by atoms with Crippen LogP contribution in [0.5, 0.6) is 5.75 Å². The SMILES string of the molecule is Cl.Fc1cc(OC2COC2)cc(F)c1N1CCNCC1. The molecule has 1 N–H and O–H groups in total. The molecule has 20 heavy (non-hydrogen) atoms. The second-order valence-electron chi connectivity index (χ2n) is 4.75. The maximum absolute atomic E-state index is 14.1. The van der Waals surface area contributed by atoms with Crippen LogP contribution in [0.15, 0.2) is 12.1 Å². The van der Waals surface area contributed by atoms with Crippen molar-refractivity contribution in [2.45, 2.75) is 6.10 Å². The molecule has 0 amide bonds. The highest BCUT2D eigenvalue weighted by Crippen LogP contribution is 2.29. The molecule has 0 radical (unpaired) electrons. The molecule has 2 heterocycles. The van der Waals surface area contributed by atoms with Gasteiger partial charge in [0.25, 0.3) is 0 Å². The minimum Gasteiger partial charge on any atom is -0.485 e. The van der Waals surface area contributed by atoms with Crippen LogP contribution in [0.2, 0.25) is 0 Å². The number of nitrogens with one attached hydrogen (secondary N) is 1. The van der Waals surface area contributed by atoms with Gasteiger partial charge in [-0.25, -0.2) is 8.78 Å². The molecule has 4 nitrogen and oxygen atoms in total. The Morgan fingerprint density at radius 3 is 2.25 bits per heavy atom. The lowest BCUT2D eigenvalue weighted by Crippen LogP contribution is -2.44. The second-order valence-corrected chi connectivity index (χ2v) is 4.75. The molecule has 1 aromatic carbocycles. The lowest BCUT2D eigenvalue weighted by molar-refractivity contribution is -0.0798. The van der Waals surface area contributed by atoms with Gasteiger partial charge >= 0.3 is 0 Å². The normalized spacial score (nSPS) is 19.2. The molecule has 0 aliphatic carbocycles. The summed E-state index contributed by atoms with van der Waals surface area (Å²) in [6.45, 7) is 3.62. The molecule has 2 fully saturated rings. The minimum absolute atomic E-state index is 0. The quantitative estimate of drug-likeness (QED) is 0.919. The number of ether oxygens (including phenoxy) is 2. The zero-order valence-electron chi connectivity index (χ0n) is 10.9. The Kier molecular flexibility index (Phi) is 5.01. The molecule has 0 unspecified atom stereocenters. The predicted octanol–water partition coefficient (Wildman–Crippen LogP) is 1.57. The lowest BCUT2D eigenvalue weighted by Gasteiger charge is -2.31. The zero-order chi connectivity index (χ0) is 13.2. The fraction of sp³-hybridized carbons (Fsp3) is 0.538. The van der Waals surface area contributed by atoms with Gasteiger partial charge in [-0.1, -0.05) is 0 Å². The number of hydrogen-bond donors (Lipinski definition) is 1. The van der Waals surface area contributed by atoms with E-state index in [1.54, 1.807) is 4.90 Å². The van der Waals surface area contributed by atoms with Crippen molar-refractivity contribution in [2.75, 3.05) is 44.3 Å². The van der Waals surface area contributed by atoms with Crippen LogP contribution in [0.25, 0.3) is 0 Å². The van der Waals surface area contributed by atoms with Gasteiger partial charge in [-0.05, 0) is 0 Å². The maximum atomic E-state index is 14.1. The van der Waals surface area contributed by atoms with E-state index in [0.717, 1.165) is 13.1 Å². The Bertz CT molecular complexity index is 443. The van der Waals surface area contributed by atoms with Crippen molar-refractivity contribution in [1.29, 1.82) is 0 Å². The van der Waals surface area contributed by atoms with Crippen molar-refractivity contribution in [3.63, 3.8) is 0 Å². The van der Waals surface area contributed by atoms with Crippen molar-refractivity contribution >= 4 is 18.1 Å². The van der Waals surface area contributed by atoms with Crippen LogP contribution < -0.4 is 15.0 Å². The van der Waals surface area contributed by atoms with Gasteiger partial charge in [0.2, 0.25) is 0 Å². The van der Waals surface area contributed by atoms with Gasteiger partial charge in [0, 0.05) is 38.3 Å². The van der Waals surface area contributed by atoms with E-state index in [1.165, 1.54) is 12.1 Å². The molecule has 0 saturated carbocycles. The highest BCUT2D eigenvalue weighted by atomic mass is 35.5. The molecule has 2 aliphatic rings. The Hall–Kier alpha value is -1.11. The number of anilines is 1.